The molecule has 1 aromatic carbocycles. The molecule has 0 atom stereocenters. The number of halogens is 1. The summed E-state index contributed by atoms with van der Waals surface area (Å²) < 4.78 is 23.8. The van der Waals surface area contributed by atoms with Gasteiger partial charge in [0.15, 0.2) is 5.96 Å². The summed E-state index contributed by atoms with van der Waals surface area (Å²) in [6.07, 6.45) is 0.294. The number of hydrogen-bond donors (Lipinski definition) is 3. The van der Waals surface area contributed by atoms with Crippen LogP contribution in [0.1, 0.15) is 38.3 Å². The van der Waals surface area contributed by atoms with Gasteiger partial charge in [-0.1, -0.05) is 6.07 Å². The van der Waals surface area contributed by atoms with Crippen LogP contribution in [0.5, 0.6) is 0 Å². The van der Waals surface area contributed by atoms with Crippen molar-refractivity contribution >= 4 is 12.1 Å². The normalized spacial score (nSPS) is 11.9. The van der Waals surface area contributed by atoms with Gasteiger partial charge in [0.1, 0.15) is 11.4 Å². The molecule has 0 fully saturated rings. The number of alkyl carbamates (subject to hydrolysis) is 1. The molecule has 0 aliphatic carbocycles. The molecule has 0 saturated carbocycles. The maximum absolute atomic E-state index is 13.6. The first-order valence-corrected chi connectivity index (χ1v) is 8.92. The number of aliphatic imine (C=N–C) groups is 1. The fourth-order valence-corrected chi connectivity index (χ4v) is 2.21. The number of guanidine groups is 1. The van der Waals surface area contributed by atoms with Crippen molar-refractivity contribution in [3.63, 3.8) is 0 Å². The number of rotatable bonds is 8. The van der Waals surface area contributed by atoms with Crippen LogP contribution >= 0.6 is 0 Å². The number of nitrogens with zero attached hydrogens (tertiary/aromatic N) is 1. The Bertz CT molecular complexity index is 630. The zero-order valence-electron chi connectivity index (χ0n) is 16.8. The van der Waals surface area contributed by atoms with Gasteiger partial charge in [-0.05, 0) is 44.9 Å². The van der Waals surface area contributed by atoms with Gasteiger partial charge in [0, 0.05) is 39.4 Å². The second kappa shape index (κ2) is 11.4. The van der Waals surface area contributed by atoms with Crippen LogP contribution < -0.4 is 16.0 Å². The Morgan fingerprint density at radius 2 is 1.89 bits per heavy atom. The molecular weight excluding hydrogens is 351 g/mol. The van der Waals surface area contributed by atoms with Crippen molar-refractivity contribution in [2.24, 2.45) is 4.99 Å². The van der Waals surface area contributed by atoms with Gasteiger partial charge in [-0.2, -0.15) is 0 Å². The number of amides is 1. The molecule has 0 spiro atoms. The lowest BCUT2D eigenvalue weighted by Gasteiger charge is -2.19. The van der Waals surface area contributed by atoms with E-state index in [1.165, 1.54) is 13.2 Å². The molecule has 0 aliphatic heterocycles. The predicted octanol–water partition coefficient (Wildman–Crippen LogP) is 2.55. The number of ether oxygens (including phenoxy) is 2. The van der Waals surface area contributed by atoms with Crippen molar-refractivity contribution in [1.29, 1.82) is 0 Å². The average Bonchev–Trinajstić information content (AvgIpc) is 2.58. The molecule has 0 bridgehead atoms. The molecular formula is C19H31FN4O3. The summed E-state index contributed by atoms with van der Waals surface area (Å²) in [5.74, 6) is 0.352. The number of methoxy groups -OCH3 is 1. The summed E-state index contributed by atoms with van der Waals surface area (Å²) >= 11 is 0. The summed E-state index contributed by atoms with van der Waals surface area (Å²) in [7, 11) is 3.21. The molecule has 0 saturated heterocycles. The highest BCUT2D eigenvalue weighted by molar-refractivity contribution is 5.79. The van der Waals surface area contributed by atoms with E-state index in [0.29, 0.717) is 37.6 Å². The molecule has 0 aliphatic rings. The van der Waals surface area contributed by atoms with E-state index >= 15 is 0 Å². The quantitative estimate of drug-likeness (QED) is 0.366. The maximum Gasteiger partial charge on any atom is 0.407 e. The highest BCUT2D eigenvalue weighted by Gasteiger charge is 2.15. The van der Waals surface area contributed by atoms with Gasteiger partial charge in [0.25, 0.3) is 0 Å². The molecule has 152 valence electrons. The molecule has 1 aromatic rings. The summed E-state index contributed by atoms with van der Waals surface area (Å²) in [4.78, 5) is 15.7. The third-order valence-electron chi connectivity index (χ3n) is 3.41. The third kappa shape index (κ3) is 9.79. The smallest absolute Gasteiger partial charge is 0.407 e. The minimum atomic E-state index is -0.502. The van der Waals surface area contributed by atoms with Gasteiger partial charge in [-0.25, -0.2) is 9.18 Å². The Morgan fingerprint density at radius 3 is 2.52 bits per heavy atom. The van der Waals surface area contributed by atoms with E-state index < -0.39 is 11.7 Å². The molecule has 8 heteroatoms. The summed E-state index contributed by atoms with van der Waals surface area (Å²) in [5.41, 5.74) is 0.948. The second-order valence-corrected chi connectivity index (χ2v) is 6.99. The molecule has 0 heterocycles. The van der Waals surface area contributed by atoms with Crippen LogP contribution in [0.25, 0.3) is 0 Å². The third-order valence-corrected chi connectivity index (χ3v) is 3.41. The average molecular weight is 382 g/mol. The van der Waals surface area contributed by atoms with E-state index in [9.17, 15) is 9.18 Å². The standard InChI is InChI=1S/C19H31FN4O3/c1-19(2,3)27-18(25)23-10-6-9-22-17(21-4)24-12-14-7-8-16(20)15(11-14)13-26-5/h7-8,11H,6,9-10,12-13H2,1-5H3,(H,23,25)(H2,21,22,24). The van der Waals surface area contributed by atoms with E-state index in [1.54, 1.807) is 19.2 Å². The molecule has 0 radical (unpaired) electrons. The number of carbonyl (C=O) groups excluding carboxylic acids is 1. The van der Waals surface area contributed by atoms with E-state index in [-0.39, 0.29) is 12.4 Å². The van der Waals surface area contributed by atoms with Crippen LogP contribution in [-0.2, 0) is 22.6 Å². The van der Waals surface area contributed by atoms with Crippen LogP contribution in [0.4, 0.5) is 9.18 Å². The monoisotopic (exact) mass is 382 g/mol. The number of carbonyl (C=O) groups is 1. The minimum Gasteiger partial charge on any atom is -0.444 e. The van der Waals surface area contributed by atoms with E-state index in [4.69, 9.17) is 9.47 Å². The lowest BCUT2D eigenvalue weighted by molar-refractivity contribution is 0.0527. The molecule has 7 nitrogen and oxygen atoms in total. The minimum absolute atomic E-state index is 0.233. The lowest BCUT2D eigenvalue weighted by Crippen LogP contribution is -2.39. The van der Waals surface area contributed by atoms with Gasteiger partial charge < -0.3 is 25.4 Å². The van der Waals surface area contributed by atoms with Crippen molar-refractivity contribution in [2.75, 3.05) is 27.2 Å². The zero-order valence-corrected chi connectivity index (χ0v) is 16.8. The first-order chi connectivity index (χ1) is 12.7. The summed E-state index contributed by atoms with van der Waals surface area (Å²) in [6.45, 7) is 7.34. The SMILES string of the molecule is CN=C(NCCCNC(=O)OC(C)(C)C)NCc1ccc(F)c(COC)c1. The van der Waals surface area contributed by atoms with Crippen molar-refractivity contribution in [3.8, 4) is 0 Å². The van der Waals surface area contributed by atoms with Crippen molar-refractivity contribution in [3.05, 3.63) is 35.1 Å². The van der Waals surface area contributed by atoms with Gasteiger partial charge in [0.2, 0.25) is 0 Å². The van der Waals surface area contributed by atoms with Crippen LogP contribution in [0, 0.1) is 5.82 Å². The fraction of sp³-hybridized carbons (Fsp3) is 0.579. The molecule has 3 N–H and O–H groups in total. The van der Waals surface area contributed by atoms with Gasteiger partial charge in [-0.15, -0.1) is 0 Å². The van der Waals surface area contributed by atoms with Gasteiger partial charge >= 0.3 is 6.09 Å². The van der Waals surface area contributed by atoms with E-state index in [0.717, 1.165) is 5.56 Å². The predicted molar refractivity (Wildman–Crippen MR) is 104 cm³/mol. The second-order valence-electron chi connectivity index (χ2n) is 6.99. The molecule has 0 unspecified atom stereocenters. The van der Waals surface area contributed by atoms with Crippen molar-refractivity contribution in [2.45, 2.75) is 45.9 Å². The highest BCUT2D eigenvalue weighted by atomic mass is 19.1. The highest BCUT2D eigenvalue weighted by Crippen LogP contribution is 2.11. The topological polar surface area (TPSA) is 84.0 Å². The van der Waals surface area contributed by atoms with Crippen LogP contribution in [0.15, 0.2) is 23.2 Å². The largest absolute Gasteiger partial charge is 0.444 e. The number of benzene rings is 1. The lowest BCUT2D eigenvalue weighted by atomic mass is 10.1. The first-order valence-electron chi connectivity index (χ1n) is 8.92. The van der Waals surface area contributed by atoms with Crippen LogP contribution in [-0.4, -0.2) is 44.9 Å². The first kappa shape index (κ1) is 22.7. The Labute approximate surface area is 160 Å². The van der Waals surface area contributed by atoms with Crippen molar-refractivity contribution in [1.82, 2.24) is 16.0 Å². The summed E-state index contributed by atoms with van der Waals surface area (Å²) in [5, 5.41) is 9.03. The Balaban J connectivity index is 2.31. The maximum atomic E-state index is 13.6. The fourth-order valence-electron chi connectivity index (χ4n) is 2.21. The Morgan fingerprint density at radius 1 is 1.19 bits per heavy atom. The zero-order chi connectivity index (χ0) is 20.3. The molecule has 1 rings (SSSR count). The Kier molecular flexibility index (Phi) is 9.56. The summed E-state index contributed by atoms with van der Waals surface area (Å²) in [6, 6.07) is 4.92. The van der Waals surface area contributed by atoms with Gasteiger partial charge in [-0.3, -0.25) is 4.99 Å². The van der Waals surface area contributed by atoms with E-state index in [1.807, 2.05) is 20.8 Å². The molecule has 0 aromatic heterocycles. The van der Waals surface area contributed by atoms with Crippen LogP contribution in [0.2, 0.25) is 0 Å². The molecule has 27 heavy (non-hydrogen) atoms. The Hall–Kier alpha value is -2.35. The molecule has 1 amide bonds. The van der Waals surface area contributed by atoms with E-state index in [2.05, 4.69) is 20.9 Å². The van der Waals surface area contributed by atoms with Crippen LogP contribution in [0.3, 0.4) is 0 Å². The van der Waals surface area contributed by atoms with Gasteiger partial charge in [0.05, 0.1) is 6.61 Å². The van der Waals surface area contributed by atoms with Crippen molar-refractivity contribution < 1.29 is 18.7 Å². The number of hydrogen-bond acceptors (Lipinski definition) is 4. The number of nitrogens with one attached hydrogen (secondary N) is 3.